The van der Waals surface area contributed by atoms with Gasteiger partial charge in [-0.2, -0.15) is 0 Å². The largest absolute Gasteiger partial charge is 0.303 e. The van der Waals surface area contributed by atoms with Crippen LogP contribution in [0.5, 0.6) is 0 Å². The van der Waals surface area contributed by atoms with Crippen molar-refractivity contribution in [2.45, 2.75) is 32.2 Å². The molecule has 0 radical (unpaired) electrons. The zero-order valence-corrected chi connectivity index (χ0v) is 8.44. The van der Waals surface area contributed by atoms with E-state index in [1.165, 1.54) is 26.1 Å². The number of likely N-dealkylation sites (tertiary alicyclic amines) is 1. The summed E-state index contributed by atoms with van der Waals surface area (Å²) in [5.74, 6) is 0. The maximum Gasteiger partial charge on any atom is 0.0627 e. The van der Waals surface area contributed by atoms with Crippen molar-refractivity contribution in [3.05, 3.63) is 0 Å². The maximum atomic E-state index is 4.58. The second-order valence-corrected chi connectivity index (χ2v) is 3.48. The van der Waals surface area contributed by atoms with Crippen LogP contribution in [0.4, 0.5) is 0 Å². The molecule has 1 aliphatic rings. The van der Waals surface area contributed by atoms with Gasteiger partial charge in [0.2, 0.25) is 0 Å². The van der Waals surface area contributed by atoms with E-state index < -0.39 is 0 Å². The van der Waals surface area contributed by atoms with Crippen molar-refractivity contribution >= 4 is 17.4 Å². The molecule has 0 amide bonds. The highest BCUT2D eigenvalue weighted by atomic mass is 32.1. The molecule has 0 saturated carbocycles. The molecule has 0 aromatic carbocycles. The van der Waals surface area contributed by atoms with Gasteiger partial charge in [0.25, 0.3) is 0 Å². The third-order valence-corrected chi connectivity index (χ3v) is 2.44. The van der Waals surface area contributed by atoms with Crippen LogP contribution < -0.4 is 0 Å². The van der Waals surface area contributed by atoms with Crippen molar-refractivity contribution < 1.29 is 0 Å². The first-order chi connectivity index (χ1) is 5.86. The van der Waals surface area contributed by atoms with E-state index in [-0.39, 0.29) is 0 Å². The van der Waals surface area contributed by atoms with Crippen LogP contribution in [0.2, 0.25) is 0 Å². The third-order valence-electron chi connectivity index (χ3n) is 2.33. The number of aliphatic imine (C=N–C) groups is 1. The summed E-state index contributed by atoms with van der Waals surface area (Å²) in [6, 6.07) is 0.454. The van der Waals surface area contributed by atoms with Crippen LogP contribution in [0.3, 0.4) is 0 Å². The highest BCUT2D eigenvalue weighted by molar-refractivity contribution is 7.78. The Balaban J connectivity index is 2.24. The Morgan fingerprint density at radius 3 is 2.67 bits per heavy atom. The fourth-order valence-corrected chi connectivity index (χ4v) is 1.81. The van der Waals surface area contributed by atoms with E-state index in [4.69, 9.17) is 0 Å². The van der Waals surface area contributed by atoms with Crippen molar-refractivity contribution in [3.8, 4) is 0 Å². The van der Waals surface area contributed by atoms with Crippen molar-refractivity contribution in [1.82, 2.24) is 4.90 Å². The van der Waals surface area contributed by atoms with Gasteiger partial charge in [-0.25, -0.2) is 4.99 Å². The molecule has 1 aliphatic heterocycles. The molecule has 2 nitrogen and oxygen atoms in total. The number of piperidine rings is 1. The molecule has 0 aromatic heterocycles. The highest BCUT2D eigenvalue weighted by Gasteiger charge is 2.16. The number of hydrogen-bond donors (Lipinski definition) is 0. The predicted octanol–water partition coefficient (Wildman–Crippen LogP) is 1.96. The fourth-order valence-electron chi connectivity index (χ4n) is 1.66. The lowest BCUT2D eigenvalue weighted by Gasteiger charge is -2.29. The molecule has 0 spiro atoms. The second kappa shape index (κ2) is 5.41. The zero-order valence-electron chi connectivity index (χ0n) is 7.62. The van der Waals surface area contributed by atoms with Crippen LogP contribution in [0.25, 0.3) is 0 Å². The average molecular weight is 184 g/mol. The van der Waals surface area contributed by atoms with Crippen molar-refractivity contribution in [1.29, 1.82) is 0 Å². The Morgan fingerprint density at radius 2 is 2.17 bits per heavy atom. The number of thiocarbonyl (C=S) groups is 1. The molecule has 0 unspecified atom stereocenters. The van der Waals surface area contributed by atoms with E-state index in [9.17, 15) is 0 Å². The summed E-state index contributed by atoms with van der Waals surface area (Å²) in [4.78, 5) is 6.61. The molecule has 0 N–H and O–H groups in total. The molecule has 68 valence electrons. The van der Waals surface area contributed by atoms with Gasteiger partial charge in [0.15, 0.2) is 0 Å². The van der Waals surface area contributed by atoms with Gasteiger partial charge in [-0.05, 0) is 38.0 Å². The van der Waals surface area contributed by atoms with Gasteiger partial charge in [0.1, 0.15) is 0 Å². The van der Waals surface area contributed by atoms with Gasteiger partial charge < -0.3 is 4.90 Å². The van der Waals surface area contributed by atoms with Crippen molar-refractivity contribution in [2.75, 3.05) is 19.6 Å². The first-order valence-corrected chi connectivity index (χ1v) is 5.07. The first-order valence-electron chi connectivity index (χ1n) is 4.66. The molecule has 0 atom stereocenters. The van der Waals surface area contributed by atoms with Crippen LogP contribution in [-0.2, 0) is 0 Å². The average Bonchev–Trinajstić information content (AvgIpc) is 2.09. The van der Waals surface area contributed by atoms with Crippen molar-refractivity contribution in [2.24, 2.45) is 4.99 Å². The third kappa shape index (κ3) is 3.02. The molecule has 1 saturated heterocycles. The number of hydrogen-bond acceptors (Lipinski definition) is 3. The minimum atomic E-state index is 0.454. The summed E-state index contributed by atoms with van der Waals surface area (Å²) in [5.41, 5.74) is 0. The monoisotopic (exact) mass is 184 g/mol. The lowest BCUT2D eigenvalue weighted by Crippen LogP contribution is -2.35. The number of nitrogens with zero attached hydrogens (tertiary/aromatic N) is 2. The highest BCUT2D eigenvalue weighted by Crippen LogP contribution is 2.12. The molecule has 3 heteroatoms. The molecule has 1 heterocycles. The number of isothiocyanates is 1. The molecule has 1 fully saturated rings. The van der Waals surface area contributed by atoms with Crippen LogP contribution in [-0.4, -0.2) is 35.7 Å². The van der Waals surface area contributed by atoms with Gasteiger partial charge in [-0.1, -0.05) is 6.92 Å². The van der Waals surface area contributed by atoms with Crippen LogP contribution in [0.1, 0.15) is 26.2 Å². The Labute approximate surface area is 79.7 Å². The minimum Gasteiger partial charge on any atom is -0.303 e. The van der Waals surface area contributed by atoms with E-state index in [0.717, 1.165) is 12.8 Å². The van der Waals surface area contributed by atoms with E-state index in [0.29, 0.717) is 6.04 Å². The lowest BCUT2D eigenvalue weighted by atomic mass is 10.1. The molecule has 0 aliphatic carbocycles. The molecule has 0 aromatic rings. The molecule has 1 rings (SSSR count). The van der Waals surface area contributed by atoms with Crippen LogP contribution in [0, 0.1) is 0 Å². The Morgan fingerprint density at radius 1 is 1.50 bits per heavy atom. The lowest BCUT2D eigenvalue weighted by molar-refractivity contribution is 0.215. The summed E-state index contributed by atoms with van der Waals surface area (Å²) in [6.07, 6.45) is 3.56. The van der Waals surface area contributed by atoms with Gasteiger partial charge >= 0.3 is 0 Å². The maximum absolute atomic E-state index is 4.58. The van der Waals surface area contributed by atoms with Gasteiger partial charge in [-0.3, -0.25) is 0 Å². The van der Waals surface area contributed by atoms with Crippen LogP contribution >= 0.6 is 12.2 Å². The predicted molar refractivity (Wildman–Crippen MR) is 54.8 cm³/mol. The SMILES string of the molecule is CCCN1CCC(N=C=S)CC1. The van der Waals surface area contributed by atoms with Gasteiger partial charge in [0.05, 0.1) is 11.2 Å². The number of rotatable bonds is 3. The molecule has 12 heavy (non-hydrogen) atoms. The summed E-state index contributed by atoms with van der Waals surface area (Å²) in [7, 11) is 0. The molecular weight excluding hydrogens is 168 g/mol. The van der Waals surface area contributed by atoms with Crippen LogP contribution in [0.15, 0.2) is 4.99 Å². The second-order valence-electron chi connectivity index (χ2n) is 3.29. The Kier molecular flexibility index (Phi) is 4.44. The topological polar surface area (TPSA) is 15.6 Å². The standard InChI is InChI=1S/C9H16N2S/c1-2-5-11-6-3-9(4-7-11)10-8-12/h9H,2-7H2,1H3. The van der Waals surface area contributed by atoms with Gasteiger partial charge in [0, 0.05) is 13.1 Å². The normalized spacial score (nSPS) is 20.4. The quantitative estimate of drug-likeness (QED) is 0.492. The van der Waals surface area contributed by atoms with Gasteiger partial charge in [-0.15, -0.1) is 0 Å². The Bertz CT molecular complexity index is 167. The summed E-state index contributed by atoms with van der Waals surface area (Å²) in [5, 5.41) is 2.47. The first kappa shape index (κ1) is 9.85. The van der Waals surface area contributed by atoms with E-state index in [1.807, 2.05) is 0 Å². The summed E-state index contributed by atoms with van der Waals surface area (Å²) < 4.78 is 0. The zero-order chi connectivity index (χ0) is 8.81. The van der Waals surface area contributed by atoms with E-state index in [2.05, 4.69) is 34.2 Å². The molecule has 0 bridgehead atoms. The van der Waals surface area contributed by atoms with E-state index in [1.54, 1.807) is 0 Å². The minimum absolute atomic E-state index is 0.454. The Hall–Kier alpha value is -0.240. The fraction of sp³-hybridized carbons (Fsp3) is 0.889. The smallest absolute Gasteiger partial charge is 0.0627 e. The summed E-state index contributed by atoms with van der Waals surface area (Å²) >= 11 is 4.58. The molecular formula is C9H16N2S. The van der Waals surface area contributed by atoms with Crippen molar-refractivity contribution in [3.63, 3.8) is 0 Å². The van der Waals surface area contributed by atoms with E-state index >= 15 is 0 Å². The summed E-state index contributed by atoms with van der Waals surface area (Å²) in [6.45, 7) is 5.81.